The summed E-state index contributed by atoms with van der Waals surface area (Å²) >= 11 is 0. The van der Waals surface area contributed by atoms with Gasteiger partial charge in [0.2, 0.25) is 0 Å². The highest BCUT2D eigenvalue weighted by Gasteiger charge is 2.21. The zero-order chi connectivity index (χ0) is 23.8. The van der Waals surface area contributed by atoms with E-state index in [0.717, 1.165) is 29.9 Å². The molecule has 0 spiro atoms. The minimum atomic E-state index is -0.273. The molecule has 3 N–H and O–H groups in total. The van der Waals surface area contributed by atoms with E-state index in [1.807, 2.05) is 19.2 Å². The topological polar surface area (TPSA) is 143 Å². The standard InChI is InChI=1S/C23H24N10O2/c1-2-33-13-16-20(31-33)21(27-12-17-24-4-3-5-25-17)19(23(34)30-16)22-28-14-10-18(26-11-15(14)29-22)32-6-8-35-9-7-32/h3-5,10-11,13,27H,2,6-9,12H2,1H3,(H,28,29)(H,30,34). The summed E-state index contributed by atoms with van der Waals surface area (Å²) in [5.74, 6) is 1.88. The number of hydrogen-bond acceptors (Lipinski definition) is 9. The number of nitrogens with one attached hydrogen (secondary N) is 3. The maximum absolute atomic E-state index is 13.3. The Morgan fingerprint density at radius 1 is 1.11 bits per heavy atom. The fourth-order valence-corrected chi connectivity index (χ4v) is 4.25. The molecular formula is C23H24N10O2. The fourth-order valence-electron chi connectivity index (χ4n) is 4.25. The van der Waals surface area contributed by atoms with Crippen molar-refractivity contribution >= 4 is 33.6 Å². The molecule has 5 aromatic rings. The number of anilines is 2. The highest BCUT2D eigenvalue weighted by molar-refractivity contribution is 5.96. The van der Waals surface area contributed by atoms with E-state index in [1.54, 1.807) is 29.3 Å². The molecule has 35 heavy (non-hydrogen) atoms. The number of aryl methyl sites for hydroxylation is 1. The third-order valence-electron chi connectivity index (χ3n) is 6.02. The molecular weight excluding hydrogens is 448 g/mol. The fraction of sp³-hybridized carbons (Fsp3) is 0.304. The average molecular weight is 473 g/mol. The van der Waals surface area contributed by atoms with E-state index in [4.69, 9.17) is 9.72 Å². The predicted octanol–water partition coefficient (Wildman–Crippen LogP) is 1.92. The van der Waals surface area contributed by atoms with Crippen LogP contribution < -0.4 is 15.8 Å². The van der Waals surface area contributed by atoms with E-state index >= 15 is 0 Å². The summed E-state index contributed by atoms with van der Waals surface area (Å²) in [5, 5.41) is 8.01. The molecule has 1 aliphatic heterocycles. The number of rotatable bonds is 6. The van der Waals surface area contributed by atoms with Gasteiger partial charge in [-0.1, -0.05) is 0 Å². The van der Waals surface area contributed by atoms with Crippen molar-refractivity contribution in [3.63, 3.8) is 0 Å². The van der Waals surface area contributed by atoms with E-state index in [2.05, 4.69) is 40.2 Å². The van der Waals surface area contributed by atoms with Gasteiger partial charge in [-0.3, -0.25) is 9.48 Å². The lowest BCUT2D eigenvalue weighted by Crippen LogP contribution is -2.36. The van der Waals surface area contributed by atoms with Gasteiger partial charge in [0.05, 0.1) is 48.2 Å². The van der Waals surface area contributed by atoms with Crippen molar-refractivity contribution in [2.24, 2.45) is 0 Å². The summed E-state index contributed by atoms with van der Waals surface area (Å²) in [5.41, 5.74) is 3.43. The van der Waals surface area contributed by atoms with Gasteiger partial charge in [0.1, 0.15) is 28.5 Å². The smallest absolute Gasteiger partial charge is 0.261 e. The number of aromatic amines is 2. The SMILES string of the molecule is CCn1cc2[nH]c(=O)c(-c3nc4cc(N5CCOCC5)ncc4[nH]3)c(NCc3ncccn3)c2n1. The number of pyridine rings is 2. The van der Waals surface area contributed by atoms with Gasteiger partial charge in [-0.2, -0.15) is 5.10 Å². The minimum absolute atomic E-state index is 0.273. The molecule has 1 fully saturated rings. The Labute approximate surface area is 199 Å². The van der Waals surface area contributed by atoms with Gasteiger partial charge in [0.25, 0.3) is 5.56 Å². The van der Waals surface area contributed by atoms with Crippen LogP contribution in [-0.2, 0) is 17.8 Å². The molecule has 0 atom stereocenters. The van der Waals surface area contributed by atoms with Crippen molar-refractivity contribution < 1.29 is 4.74 Å². The maximum Gasteiger partial charge on any atom is 0.261 e. The predicted molar refractivity (Wildman–Crippen MR) is 131 cm³/mol. The van der Waals surface area contributed by atoms with Crippen molar-refractivity contribution in [3.8, 4) is 11.4 Å². The summed E-state index contributed by atoms with van der Waals surface area (Å²) in [7, 11) is 0. The van der Waals surface area contributed by atoms with Crippen molar-refractivity contribution in [1.29, 1.82) is 0 Å². The van der Waals surface area contributed by atoms with Crippen molar-refractivity contribution in [1.82, 2.24) is 39.7 Å². The van der Waals surface area contributed by atoms with Crippen molar-refractivity contribution in [2.75, 3.05) is 36.5 Å². The second-order valence-corrected chi connectivity index (χ2v) is 8.21. The van der Waals surface area contributed by atoms with Crippen molar-refractivity contribution in [2.45, 2.75) is 20.0 Å². The largest absolute Gasteiger partial charge is 0.378 e. The third kappa shape index (κ3) is 3.97. The van der Waals surface area contributed by atoms with Crippen LogP contribution in [0.25, 0.3) is 33.5 Å². The highest BCUT2D eigenvalue weighted by atomic mass is 16.5. The Kier molecular flexibility index (Phi) is 5.34. The second kappa shape index (κ2) is 8.80. The lowest BCUT2D eigenvalue weighted by molar-refractivity contribution is 0.122. The Morgan fingerprint density at radius 2 is 1.94 bits per heavy atom. The minimum Gasteiger partial charge on any atom is -0.378 e. The molecule has 0 bridgehead atoms. The number of nitrogens with zero attached hydrogens (tertiary/aromatic N) is 7. The molecule has 0 aromatic carbocycles. The quantitative estimate of drug-likeness (QED) is 0.338. The molecule has 1 aliphatic rings. The van der Waals surface area contributed by atoms with Crippen LogP contribution in [0.3, 0.4) is 0 Å². The number of aromatic nitrogens is 8. The van der Waals surface area contributed by atoms with E-state index in [9.17, 15) is 4.79 Å². The zero-order valence-electron chi connectivity index (χ0n) is 19.2. The zero-order valence-corrected chi connectivity index (χ0v) is 19.2. The number of fused-ring (bicyclic) bond motifs is 2. The Hall–Kier alpha value is -4.32. The summed E-state index contributed by atoms with van der Waals surface area (Å²) < 4.78 is 7.23. The van der Waals surface area contributed by atoms with Gasteiger partial charge in [-0.05, 0) is 13.0 Å². The number of morpholine rings is 1. The molecule has 6 heterocycles. The molecule has 0 radical (unpaired) electrons. The van der Waals surface area contributed by atoms with Crippen LogP contribution in [0.5, 0.6) is 0 Å². The summed E-state index contributed by atoms with van der Waals surface area (Å²) in [6, 6.07) is 3.70. The van der Waals surface area contributed by atoms with E-state index < -0.39 is 0 Å². The van der Waals surface area contributed by atoms with Crippen LogP contribution in [0.1, 0.15) is 12.7 Å². The first-order valence-corrected chi connectivity index (χ1v) is 11.5. The Balaban J connectivity index is 1.45. The van der Waals surface area contributed by atoms with Crippen LogP contribution in [0.2, 0.25) is 0 Å². The van der Waals surface area contributed by atoms with Crippen LogP contribution in [0, 0.1) is 0 Å². The van der Waals surface area contributed by atoms with Gasteiger partial charge in [0, 0.05) is 44.3 Å². The first-order chi connectivity index (χ1) is 17.2. The summed E-state index contributed by atoms with van der Waals surface area (Å²) in [6.45, 7) is 5.90. The lowest BCUT2D eigenvalue weighted by atomic mass is 10.2. The van der Waals surface area contributed by atoms with Gasteiger partial charge >= 0.3 is 0 Å². The Bertz CT molecular complexity index is 1550. The maximum atomic E-state index is 13.3. The Morgan fingerprint density at radius 3 is 2.74 bits per heavy atom. The first kappa shape index (κ1) is 21.2. The third-order valence-corrected chi connectivity index (χ3v) is 6.02. The molecule has 5 aromatic heterocycles. The van der Waals surface area contributed by atoms with Crippen molar-refractivity contribution in [3.05, 3.63) is 53.1 Å². The molecule has 0 saturated carbocycles. The molecule has 0 amide bonds. The normalized spacial score (nSPS) is 14.1. The van der Waals surface area contributed by atoms with E-state index in [1.165, 1.54) is 0 Å². The van der Waals surface area contributed by atoms with Crippen LogP contribution in [-0.4, -0.2) is 66.0 Å². The molecule has 12 heteroatoms. The number of H-pyrrole nitrogens is 2. The number of hydrogen-bond donors (Lipinski definition) is 3. The first-order valence-electron chi connectivity index (χ1n) is 11.5. The molecule has 0 unspecified atom stereocenters. The van der Waals surface area contributed by atoms with Gasteiger partial charge in [-0.25, -0.2) is 19.9 Å². The van der Waals surface area contributed by atoms with Gasteiger partial charge in [0.15, 0.2) is 0 Å². The monoisotopic (exact) mass is 472 g/mol. The molecule has 178 valence electrons. The molecule has 0 aliphatic carbocycles. The number of ether oxygens (including phenoxy) is 1. The summed E-state index contributed by atoms with van der Waals surface area (Å²) in [6.07, 6.45) is 6.94. The molecule has 6 rings (SSSR count). The lowest BCUT2D eigenvalue weighted by Gasteiger charge is -2.27. The number of imidazole rings is 1. The van der Waals surface area contributed by atoms with Gasteiger partial charge < -0.3 is 24.9 Å². The average Bonchev–Trinajstić information content (AvgIpc) is 3.51. The van der Waals surface area contributed by atoms with Gasteiger partial charge in [-0.15, -0.1) is 0 Å². The highest BCUT2D eigenvalue weighted by Crippen LogP contribution is 2.31. The van der Waals surface area contributed by atoms with Crippen LogP contribution in [0.4, 0.5) is 11.5 Å². The summed E-state index contributed by atoms with van der Waals surface area (Å²) in [4.78, 5) is 39.6. The van der Waals surface area contributed by atoms with E-state index in [-0.39, 0.29) is 5.56 Å². The van der Waals surface area contributed by atoms with Crippen LogP contribution in [0.15, 0.2) is 41.7 Å². The second-order valence-electron chi connectivity index (χ2n) is 8.21. The molecule has 1 saturated heterocycles. The molecule has 12 nitrogen and oxygen atoms in total. The van der Waals surface area contributed by atoms with E-state index in [0.29, 0.717) is 60.2 Å². The van der Waals surface area contributed by atoms with Crippen LogP contribution >= 0.6 is 0 Å².